The SMILES string of the molecule is O=C1c2ccc(Nc3nc(Nc4ccc(S(=O)(=O)O)cc4)nc(=O)[nH]3)cc2C(=O)N1C[CH-]P.[Cu+]. The number of nitrogens with zero attached hydrogens (tertiary/aromatic N) is 3. The molecule has 2 heterocycles. The quantitative estimate of drug-likeness (QED) is 0.111. The van der Waals surface area contributed by atoms with Gasteiger partial charge < -0.3 is 15.5 Å². The molecule has 4 rings (SSSR count). The third-order valence-corrected chi connectivity index (χ3v) is 5.66. The van der Waals surface area contributed by atoms with Crippen molar-refractivity contribution in [2.24, 2.45) is 0 Å². The predicted octanol–water partition coefficient (Wildman–Crippen LogP) is 1.53. The first-order valence-electron chi connectivity index (χ1n) is 9.29. The van der Waals surface area contributed by atoms with Crippen LogP contribution in [0.2, 0.25) is 0 Å². The molecule has 0 saturated carbocycles. The van der Waals surface area contributed by atoms with Gasteiger partial charge >= 0.3 is 22.8 Å². The van der Waals surface area contributed by atoms with Gasteiger partial charge in [-0.25, -0.2) is 4.79 Å². The summed E-state index contributed by atoms with van der Waals surface area (Å²) in [5.74, 6) is -0.888. The molecular formula is C19H16CuN6O6PS. The van der Waals surface area contributed by atoms with Gasteiger partial charge in [-0.2, -0.15) is 18.4 Å². The van der Waals surface area contributed by atoms with E-state index in [0.29, 0.717) is 11.4 Å². The van der Waals surface area contributed by atoms with E-state index in [0.717, 1.165) is 4.90 Å². The summed E-state index contributed by atoms with van der Waals surface area (Å²) in [5.41, 5.74) is 0.560. The third-order valence-electron chi connectivity index (χ3n) is 4.58. The van der Waals surface area contributed by atoms with Crippen LogP contribution in [0, 0.1) is 6.16 Å². The Hall–Kier alpha value is -3.15. The van der Waals surface area contributed by atoms with E-state index in [2.05, 4.69) is 34.8 Å². The average Bonchev–Trinajstić information content (AvgIpc) is 2.98. The Bertz CT molecular complexity index is 1430. The van der Waals surface area contributed by atoms with Crippen LogP contribution < -0.4 is 16.3 Å². The maximum atomic E-state index is 12.5. The minimum Gasteiger partial charge on any atom is -0.326 e. The molecule has 2 aromatic carbocycles. The molecule has 3 aromatic rings. The molecule has 0 bridgehead atoms. The van der Waals surface area contributed by atoms with Gasteiger partial charge in [-0.3, -0.25) is 34.5 Å². The van der Waals surface area contributed by atoms with Crippen LogP contribution in [0.4, 0.5) is 23.3 Å². The van der Waals surface area contributed by atoms with Gasteiger partial charge in [0.25, 0.3) is 21.9 Å². The van der Waals surface area contributed by atoms with Gasteiger partial charge in [-0.15, -0.1) is 0 Å². The molecule has 0 radical (unpaired) electrons. The first-order valence-corrected chi connectivity index (χ1v) is 11.4. The molecule has 0 spiro atoms. The van der Waals surface area contributed by atoms with E-state index in [1.807, 2.05) is 0 Å². The van der Waals surface area contributed by atoms with Crippen LogP contribution in [0.3, 0.4) is 0 Å². The summed E-state index contributed by atoms with van der Waals surface area (Å²) in [6.07, 6.45) is 1.62. The number of aromatic amines is 1. The van der Waals surface area contributed by atoms with Crippen molar-refractivity contribution in [1.29, 1.82) is 0 Å². The van der Waals surface area contributed by atoms with Gasteiger partial charge in [-0.1, -0.05) is 6.54 Å². The molecule has 1 aliphatic rings. The Morgan fingerprint density at radius 2 is 1.62 bits per heavy atom. The number of fused-ring (bicyclic) bond motifs is 1. The molecule has 0 fully saturated rings. The fraction of sp³-hybridized carbons (Fsp3) is 0.0526. The van der Waals surface area contributed by atoms with Crippen molar-refractivity contribution in [1.82, 2.24) is 19.9 Å². The van der Waals surface area contributed by atoms with E-state index >= 15 is 0 Å². The van der Waals surface area contributed by atoms with E-state index in [4.69, 9.17) is 4.55 Å². The molecule has 12 nitrogen and oxygen atoms in total. The van der Waals surface area contributed by atoms with Crippen molar-refractivity contribution in [2.45, 2.75) is 4.90 Å². The standard InChI is InChI=1S/C19H16N6O6PS.Cu/c26-15-13-6-3-11(9-14(13)16(27)25(15)7-8-32)21-18-22-17(23-19(28)24-18)20-10-1-4-12(5-2-10)33(29,30)31;/h1-6,8-9H,7,32H2,(H,29,30,31)(H3,20,21,22,23,24,28);/q-1;+1. The summed E-state index contributed by atoms with van der Waals surface area (Å²) in [6.45, 7) is 0.166. The smallest absolute Gasteiger partial charge is 0.326 e. The van der Waals surface area contributed by atoms with E-state index in [9.17, 15) is 22.8 Å². The zero-order valence-electron chi connectivity index (χ0n) is 16.9. The molecule has 15 heteroatoms. The molecule has 1 unspecified atom stereocenters. The Labute approximate surface area is 206 Å². The van der Waals surface area contributed by atoms with E-state index in [-0.39, 0.29) is 57.4 Å². The van der Waals surface area contributed by atoms with Crippen LogP contribution in [0.1, 0.15) is 20.7 Å². The van der Waals surface area contributed by atoms with Crippen molar-refractivity contribution in [3.05, 3.63) is 70.2 Å². The topological polar surface area (TPSA) is 174 Å². The number of aromatic nitrogens is 3. The number of hydrogen-bond donors (Lipinski definition) is 4. The van der Waals surface area contributed by atoms with Crippen LogP contribution in [0.15, 0.2) is 52.2 Å². The molecule has 0 aliphatic carbocycles. The largest absolute Gasteiger partial charge is 1.00 e. The van der Waals surface area contributed by atoms with E-state index < -0.39 is 21.7 Å². The van der Waals surface area contributed by atoms with E-state index in [1.165, 1.54) is 36.4 Å². The number of imide groups is 1. The maximum Gasteiger partial charge on any atom is 1.00 e. The van der Waals surface area contributed by atoms with Gasteiger partial charge in [0.15, 0.2) is 0 Å². The zero-order chi connectivity index (χ0) is 23.8. The molecular weight excluding hydrogens is 535 g/mol. The number of nitrogens with one attached hydrogen (secondary N) is 3. The second-order valence-electron chi connectivity index (χ2n) is 6.79. The molecule has 180 valence electrons. The second-order valence-corrected chi connectivity index (χ2v) is 8.69. The summed E-state index contributed by atoms with van der Waals surface area (Å²) in [5, 5.41) is 5.61. The van der Waals surface area contributed by atoms with Gasteiger partial charge in [0.2, 0.25) is 11.9 Å². The summed E-state index contributed by atoms with van der Waals surface area (Å²) in [4.78, 5) is 47.9. The van der Waals surface area contributed by atoms with Crippen LogP contribution in [0.25, 0.3) is 0 Å². The van der Waals surface area contributed by atoms with Crippen LogP contribution in [0.5, 0.6) is 0 Å². The van der Waals surface area contributed by atoms with Crippen LogP contribution in [-0.4, -0.2) is 51.2 Å². The van der Waals surface area contributed by atoms with Gasteiger partial charge in [0, 0.05) is 11.4 Å². The van der Waals surface area contributed by atoms with Gasteiger partial charge in [0.1, 0.15) is 0 Å². The van der Waals surface area contributed by atoms with Crippen molar-refractivity contribution in [3.8, 4) is 0 Å². The maximum absolute atomic E-state index is 12.5. The summed E-state index contributed by atoms with van der Waals surface area (Å²) >= 11 is 0. The van der Waals surface area contributed by atoms with Crippen molar-refractivity contribution in [2.75, 3.05) is 17.2 Å². The Morgan fingerprint density at radius 1 is 0.971 bits per heavy atom. The predicted molar refractivity (Wildman–Crippen MR) is 121 cm³/mol. The zero-order valence-corrected chi connectivity index (χ0v) is 19.9. The monoisotopic (exact) mass is 550 g/mol. The first kappa shape index (κ1) is 25.5. The number of H-pyrrole nitrogens is 1. The van der Waals surface area contributed by atoms with Gasteiger partial charge in [0.05, 0.1) is 16.0 Å². The Kier molecular flexibility index (Phi) is 7.49. The average molecular weight is 551 g/mol. The fourth-order valence-electron chi connectivity index (χ4n) is 3.12. The minimum atomic E-state index is -4.33. The number of carbonyl (C=O) groups is 2. The molecule has 2 amide bonds. The molecule has 1 aromatic heterocycles. The van der Waals surface area contributed by atoms with Gasteiger partial charge in [-0.05, 0) is 42.5 Å². The summed E-state index contributed by atoms with van der Waals surface area (Å²) in [6, 6.07) is 9.63. The fourth-order valence-corrected chi connectivity index (χ4v) is 3.81. The summed E-state index contributed by atoms with van der Waals surface area (Å²) < 4.78 is 31.3. The van der Waals surface area contributed by atoms with Crippen molar-refractivity contribution >= 4 is 54.4 Å². The number of benzene rings is 2. The van der Waals surface area contributed by atoms with Crippen molar-refractivity contribution in [3.63, 3.8) is 0 Å². The molecule has 1 atom stereocenters. The Morgan fingerprint density at radius 3 is 2.26 bits per heavy atom. The molecule has 1 aliphatic heterocycles. The molecule has 0 saturated heterocycles. The number of carbonyl (C=O) groups excluding carboxylic acids is 2. The molecule has 34 heavy (non-hydrogen) atoms. The third kappa shape index (κ3) is 5.32. The number of amides is 2. The van der Waals surface area contributed by atoms with Crippen molar-refractivity contribution < 1.29 is 39.6 Å². The Balaban J connectivity index is 0.00000324. The number of hydrogen-bond acceptors (Lipinski definition) is 9. The summed E-state index contributed by atoms with van der Waals surface area (Å²) in [7, 11) is -1.99. The van der Waals surface area contributed by atoms with E-state index in [1.54, 1.807) is 12.2 Å². The van der Waals surface area contributed by atoms with Crippen LogP contribution in [-0.2, 0) is 27.2 Å². The second kappa shape index (κ2) is 10.00. The number of anilines is 4. The molecule has 4 N–H and O–H groups in total. The minimum absolute atomic E-state index is 0. The number of rotatable bonds is 7. The normalized spacial score (nSPS) is 12.8. The van der Waals surface area contributed by atoms with Crippen LogP contribution >= 0.6 is 9.24 Å². The first-order chi connectivity index (χ1) is 15.7.